The molecule has 1 aromatic carbocycles. The van der Waals surface area contributed by atoms with Gasteiger partial charge in [0.15, 0.2) is 5.82 Å². The second-order valence-corrected chi connectivity index (χ2v) is 6.00. The molecule has 1 amide bonds. The Morgan fingerprint density at radius 3 is 2.96 bits per heavy atom. The molecule has 0 aliphatic carbocycles. The van der Waals surface area contributed by atoms with Crippen LogP contribution in [0.1, 0.15) is 55.9 Å². The summed E-state index contributed by atoms with van der Waals surface area (Å²) in [6, 6.07) is 10.1. The molecule has 5 heteroatoms. The van der Waals surface area contributed by atoms with Crippen molar-refractivity contribution in [1.29, 1.82) is 0 Å². The predicted molar refractivity (Wildman–Crippen MR) is 92.1 cm³/mol. The number of carbonyl (C=O) groups is 1. The van der Waals surface area contributed by atoms with E-state index in [0.717, 1.165) is 37.8 Å². The molecule has 0 radical (unpaired) electrons. The van der Waals surface area contributed by atoms with Gasteiger partial charge in [-0.3, -0.25) is 4.79 Å². The number of amides is 1. The number of carbonyl (C=O) groups excluding carboxylic acids is 1. The van der Waals surface area contributed by atoms with Gasteiger partial charge in [-0.2, -0.15) is 4.98 Å². The molecule has 5 nitrogen and oxygen atoms in total. The number of benzene rings is 1. The first-order chi connectivity index (χ1) is 11.8. The van der Waals surface area contributed by atoms with Crippen molar-refractivity contribution < 1.29 is 9.32 Å². The van der Waals surface area contributed by atoms with Crippen LogP contribution >= 0.6 is 0 Å². The summed E-state index contributed by atoms with van der Waals surface area (Å²) in [6.45, 7) is 2.76. The van der Waals surface area contributed by atoms with Gasteiger partial charge in [-0.15, -0.1) is 0 Å². The number of hydrogen-bond donors (Lipinski definition) is 0. The Labute approximate surface area is 142 Å². The van der Waals surface area contributed by atoms with Gasteiger partial charge in [0.1, 0.15) is 0 Å². The molecule has 1 aliphatic rings. The minimum atomic E-state index is -0.0281. The molecule has 0 saturated carbocycles. The van der Waals surface area contributed by atoms with E-state index in [-0.39, 0.29) is 11.9 Å². The summed E-state index contributed by atoms with van der Waals surface area (Å²) in [5, 5.41) is 4.04. The highest BCUT2D eigenvalue weighted by Gasteiger charge is 2.32. The zero-order chi connectivity index (χ0) is 16.8. The van der Waals surface area contributed by atoms with Gasteiger partial charge in [0.2, 0.25) is 11.8 Å². The quantitative estimate of drug-likeness (QED) is 0.811. The molecule has 0 unspecified atom stereocenters. The van der Waals surface area contributed by atoms with Gasteiger partial charge in [0, 0.05) is 19.4 Å². The van der Waals surface area contributed by atoms with Gasteiger partial charge in [0.25, 0.3) is 0 Å². The summed E-state index contributed by atoms with van der Waals surface area (Å²) in [4.78, 5) is 18.8. The van der Waals surface area contributed by atoms with E-state index in [4.69, 9.17) is 4.52 Å². The summed E-state index contributed by atoms with van der Waals surface area (Å²) >= 11 is 0. The summed E-state index contributed by atoms with van der Waals surface area (Å²) in [6.07, 6.45) is 7.99. The highest BCUT2D eigenvalue weighted by molar-refractivity contribution is 5.77. The van der Waals surface area contributed by atoms with Crippen molar-refractivity contribution >= 4 is 12.0 Å². The van der Waals surface area contributed by atoms with Gasteiger partial charge in [-0.05, 0) is 24.8 Å². The first-order valence-electron chi connectivity index (χ1n) is 8.61. The fourth-order valence-corrected chi connectivity index (χ4v) is 3.01. The van der Waals surface area contributed by atoms with Crippen molar-refractivity contribution in [2.75, 3.05) is 6.54 Å². The van der Waals surface area contributed by atoms with Gasteiger partial charge < -0.3 is 9.42 Å². The Balaban J connectivity index is 1.55. The van der Waals surface area contributed by atoms with Gasteiger partial charge in [-0.25, -0.2) is 0 Å². The van der Waals surface area contributed by atoms with Crippen LogP contribution < -0.4 is 0 Å². The molecule has 24 heavy (non-hydrogen) atoms. The van der Waals surface area contributed by atoms with Crippen molar-refractivity contribution in [2.24, 2.45) is 0 Å². The third kappa shape index (κ3) is 3.91. The molecule has 2 heterocycles. The maximum absolute atomic E-state index is 12.5. The molecule has 1 saturated heterocycles. The Bertz CT molecular complexity index is 694. The van der Waals surface area contributed by atoms with Crippen LogP contribution in [-0.2, 0) is 11.2 Å². The van der Waals surface area contributed by atoms with Crippen LogP contribution in [0.15, 0.2) is 40.9 Å². The van der Waals surface area contributed by atoms with E-state index < -0.39 is 0 Å². The lowest BCUT2D eigenvalue weighted by Gasteiger charge is -2.21. The number of nitrogens with zero attached hydrogens (tertiary/aromatic N) is 3. The molecule has 2 aromatic rings. The minimum Gasteiger partial charge on any atom is -0.339 e. The maximum Gasteiger partial charge on any atom is 0.226 e. The summed E-state index contributed by atoms with van der Waals surface area (Å²) in [5.41, 5.74) is 1.16. The molecule has 126 valence electrons. The summed E-state index contributed by atoms with van der Waals surface area (Å²) in [7, 11) is 0. The van der Waals surface area contributed by atoms with Gasteiger partial charge in [-0.1, -0.05) is 54.6 Å². The lowest BCUT2D eigenvalue weighted by molar-refractivity contribution is -0.132. The molecule has 0 spiro atoms. The van der Waals surface area contributed by atoms with E-state index in [1.807, 2.05) is 30.0 Å². The zero-order valence-electron chi connectivity index (χ0n) is 14.0. The van der Waals surface area contributed by atoms with Crippen LogP contribution in [0.25, 0.3) is 6.08 Å². The number of hydrogen-bond acceptors (Lipinski definition) is 4. The van der Waals surface area contributed by atoms with E-state index >= 15 is 0 Å². The van der Waals surface area contributed by atoms with Crippen LogP contribution in [-0.4, -0.2) is 27.5 Å². The highest BCUT2D eigenvalue weighted by atomic mass is 16.5. The Kier molecular flexibility index (Phi) is 5.41. The topological polar surface area (TPSA) is 59.2 Å². The van der Waals surface area contributed by atoms with Crippen LogP contribution in [0.2, 0.25) is 0 Å². The fourth-order valence-electron chi connectivity index (χ4n) is 3.01. The third-order valence-electron chi connectivity index (χ3n) is 4.29. The molecule has 3 rings (SSSR count). The van der Waals surface area contributed by atoms with E-state index in [0.29, 0.717) is 18.1 Å². The molecule has 1 atom stereocenters. The fraction of sp³-hybridized carbons (Fsp3) is 0.421. The van der Waals surface area contributed by atoms with Crippen LogP contribution in [0, 0.1) is 0 Å². The SMILES string of the molecule is CCc1nc([C@H]2CCCN2C(=O)CC/C=C/c2ccccc2)no1. The van der Waals surface area contributed by atoms with E-state index in [1.165, 1.54) is 0 Å². The second-order valence-electron chi connectivity index (χ2n) is 6.00. The predicted octanol–water partition coefficient (Wildman–Crippen LogP) is 3.79. The molecule has 1 fully saturated rings. The molecular weight excluding hydrogens is 302 g/mol. The van der Waals surface area contributed by atoms with Crippen molar-refractivity contribution in [3.8, 4) is 0 Å². The molecule has 1 aromatic heterocycles. The van der Waals surface area contributed by atoms with E-state index in [2.05, 4.69) is 34.4 Å². The van der Waals surface area contributed by atoms with E-state index in [1.54, 1.807) is 0 Å². The highest BCUT2D eigenvalue weighted by Crippen LogP contribution is 2.30. The minimum absolute atomic E-state index is 0.0281. The second kappa shape index (κ2) is 7.90. The Hall–Kier alpha value is -2.43. The van der Waals surface area contributed by atoms with E-state index in [9.17, 15) is 4.79 Å². The normalized spacial score (nSPS) is 17.7. The van der Waals surface area contributed by atoms with Crippen LogP contribution in [0.5, 0.6) is 0 Å². The zero-order valence-corrected chi connectivity index (χ0v) is 14.0. The standard InChI is InChI=1S/C19H23N3O2/c1-2-17-20-19(21-24-17)16-12-8-14-22(16)18(23)13-7-6-11-15-9-4-3-5-10-15/h3-6,9-11,16H,2,7-8,12-14H2,1H3/b11-6+/t16-/m1/s1. The first-order valence-corrected chi connectivity index (χ1v) is 8.61. The summed E-state index contributed by atoms with van der Waals surface area (Å²) < 4.78 is 5.19. The number of likely N-dealkylation sites (tertiary alicyclic amines) is 1. The van der Waals surface area contributed by atoms with Crippen molar-refractivity contribution in [2.45, 2.75) is 45.1 Å². The van der Waals surface area contributed by atoms with Crippen LogP contribution in [0.3, 0.4) is 0 Å². The van der Waals surface area contributed by atoms with Gasteiger partial charge in [0.05, 0.1) is 6.04 Å². The van der Waals surface area contributed by atoms with Gasteiger partial charge >= 0.3 is 0 Å². The average Bonchev–Trinajstić information content (AvgIpc) is 3.28. The lowest BCUT2D eigenvalue weighted by Crippen LogP contribution is -2.30. The Morgan fingerprint density at radius 2 is 2.21 bits per heavy atom. The number of aryl methyl sites for hydroxylation is 1. The van der Waals surface area contributed by atoms with Crippen LogP contribution in [0.4, 0.5) is 0 Å². The lowest BCUT2D eigenvalue weighted by atomic mass is 10.1. The number of allylic oxidation sites excluding steroid dienone is 1. The third-order valence-corrected chi connectivity index (χ3v) is 4.29. The molecule has 1 aliphatic heterocycles. The molecule has 0 bridgehead atoms. The van der Waals surface area contributed by atoms with Crippen molar-refractivity contribution in [1.82, 2.24) is 15.0 Å². The number of aromatic nitrogens is 2. The van der Waals surface area contributed by atoms with Crippen molar-refractivity contribution in [3.05, 3.63) is 53.7 Å². The number of rotatable bonds is 6. The molecule has 0 N–H and O–H groups in total. The van der Waals surface area contributed by atoms with Crippen molar-refractivity contribution in [3.63, 3.8) is 0 Å². The maximum atomic E-state index is 12.5. The average molecular weight is 325 g/mol. The smallest absolute Gasteiger partial charge is 0.226 e. The Morgan fingerprint density at radius 1 is 1.38 bits per heavy atom. The largest absolute Gasteiger partial charge is 0.339 e. The first kappa shape index (κ1) is 16.4. The monoisotopic (exact) mass is 325 g/mol. The summed E-state index contributed by atoms with van der Waals surface area (Å²) in [5.74, 6) is 1.45. The molecular formula is C19H23N3O2.